The molecule has 0 saturated carbocycles. The van der Waals surface area contributed by atoms with Crippen LogP contribution in [0, 0.1) is 0 Å². The molecule has 43 valence electrons. The zero-order valence-electron chi connectivity index (χ0n) is 4.79. The van der Waals surface area contributed by atoms with Crippen molar-refractivity contribution in [1.82, 2.24) is 0 Å². The summed E-state index contributed by atoms with van der Waals surface area (Å²) in [7, 11) is 1.77. The van der Waals surface area contributed by atoms with E-state index in [0.29, 0.717) is 0 Å². The standard InChI is InChI=1S/C4H7N2S.Y/c1-5-4-6-2-3-7-4;/h2-3H2,1H3;/q-1;. The average molecular weight is 204 g/mol. The molecule has 4 heteroatoms. The third-order valence-corrected chi connectivity index (χ3v) is 1.72. The van der Waals surface area contributed by atoms with Gasteiger partial charge in [0.25, 0.3) is 0 Å². The van der Waals surface area contributed by atoms with Gasteiger partial charge in [-0.05, 0) is 17.5 Å². The number of hydrogen-bond acceptors (Lipinski definition) is 2. The average Bonchev–Trinajstić information content (AvgIpc) is 2.14. The molecule has 1 aliphatic heterocycles. The first-order valence-corrected chi connectivity index (χ1v) is 3.19. The zero-order valence-corrected chi connectivity index (χ0v) is 8.45. The van der Waals surface area contributed by atoms with Gasteiger partial charge in [-0.15, -0.1) is 11.8 Å². The van der Waals surface area contributed by atoms with Crippen molar-refractivity contribution in [1.29, 1.82) is 0 Å². The van der Waals surface area contributed by atoms with Gasteiger partial charge in [0.05, 0.1) is 0 Å². The van der Waals surface area contributed by atoms with Crippen molar-refractivity contribution in [3.63, 3.8) is 0 Å². The van der Waals surface area contributed by atoms with E-state index in [-0.39, 0.29) is 32.7 Å². The number of hydrogen-bond donors (Lipinski definition) is 0. The summed E-state index contributed by atoms with van der Waals surface area (Å²) >= 11 is 1.73. The first kappa shape index (κ1) is 8.92. The molecule has 0 bridgehead atoms. The second-order valence-electron chi connectivity index (χ2n) is 1.24. The smallest absolute Gasteiger partial charge is 0 e. The van der Waals surface area contributed by atoms with E-state index >= 15 is 0 Å². The predicted molar refractivity (Wildman–Crippen MR) is 34.0 cm³/mol. The number of amidine groups is 1. The maximum absolute atomic E-state index is 4.07. The molecule has 0 aromatic carbocycles. The molecule has 8 heavy (non-hydrogen) atoms. The van der Waals surface area contributed by atoms with Crippen LogP contribution in [0.3, 0.4) is 0 Å². The summed E-state index contributed by atoms with van der Waals surface area (Å²) in [5.41, 5.74) is 0. The molecule has 0 amide bonds. The molecule has 0 spiro atoms. The quantitative estimate of drug-likeness (QED) is 0.580. The van der Waals surface area contributed by atoms with Gasteiger partial charge >= 0.3 is 0 Å². The number of rotatable bonds is 0. The van der Waals surface area contributed by atoms with Crippen molar-refractivity contribution in [3.05, 3.63) is 5.32 Å². The Balaban J connectivity index is 0.000000490. The van der Waals surface area contributed by atoms with E-state index in [4.69, 9.17) is 0 Å². The van der Waals surface area contributed by atoms with E-state index in [0.717, 1.165) is 17.5 Å². The first-order valence-electron chi connectivity index (χ1n) is 2.20. The van der Waals surface area contributed by atoms with Gasteiger partial charge in [0, 0.05) is 32.7 Å². The van der Waals surface area contributed by atoms with Crippen LogP contribution in [0.15, 0.2) is 4.99 Å². The molecule has 0 aromatic rings. The first-order chi connectivity index (χ1) is 3.43. The van der Waals surface area contributed by atoms with Gasteiger partial charge in [0.2, 0.25) is 0 Å². The van der Waals surface area contributed by atoms with Crippen molar-refractivity contribution in [2.24, 2.45) is 4.99 Å². The Kier molecular flexibility index (Phi) is 5.32. The van der Waals surface area contributed by atoms with Crippen LogP contribution < -0.4 is 0 Å². The summed E-state index contributed by atoms with van der Waals surface area (Å²) in [6, 6.07) is 0. The third-order valence-electron chi connectivity index (χ3n) is 0.761. The van der Waals surface area contributed by atoms with E-state index in [1.54, 1.807) is 18.8 Å². The van der Waals surface area contributed by atoms with Crippen LogP contribution in [0.1, 0.15) is 0 Å². The predicted octanol–water partition coefficient (Wildman–Crippen LogP) is 1.09. The molecular formula is C4H7N2SY-. The molecule has 0 aliphatic carbocycles. The van der Waals surface area contributed by atoms with Gasteiger partial charge in [0.15, 0.2) is 0 Å². The van der Waals surface area contributed by atoms with E-state index < -0.39 is 0 Å². The van der Waals surface area contributed by atoms with Crippen LogP contribution >= 0.6 is 11.8 Å². The van der Waals surface area contributed by atoms with E-state index in [9.17, 15) is 0 Å². The Morgan fingerprint density at radius 1 is 1.75 bits per heavy atom. The van der Waals surface area contributed by atoms with E-state index in [1.165, 1.54) is 0 Å². The summed E-state index contributed by atoms with van der Waals surface area (Å²) in [5.74, 6) is 1.12. The molecule has 0 N–H and O–H groups in total. The molecule has 1 radical (unpaired) electrons. The van der Waals surface area contributed by atoms with Crippen LogP contribution in [0.2, 0.25) is 0 Å². The Labute approximate surface area is 78.8 Å². The molecule has 0 saturated heterocycles. The largest absolute Gasteiger partial charge is 0.464 e. The van der Waals surface area contributed by atoms with Crippen molar-refractivity contribution in [3.8, 4) is 0 Å². The molecule has 0 unspecified atom stereocenters. The topological polar surface area (TPSA) is 26.5 Å². The van der Waals surface area contributed by atoms with Crippen molar-refractivity contribution < 1.29 is 32.7 Å². The number of aliphatic imine (C=N–C) groups is 1. The van der Waals surface area contributed by atoms with Crippen LogP contribution in [-0.2, 0) is 32.7 Å². The summed E-state index contributed by atoms with van der Waals surface area (Å²) in [6.07, 6.45) is 0. The molecule has 0 atom stereocenters. The van der Waals surface area contributed by atoms with Crippen LogP contribution in [0.4, 0.5) is 0 Å². The van der Waals surface area contributed by atoms with E-state index in [1.807, 2.05) is 0 Å². The Morgan fingerprint density at radius 3 is 2.75 bits per heavy atom. The van der Waals surface area contributed by atoms with Gasteiger partial charge in [-0.3, -0.25) is 0 Å². The summed E-state index contributed by atoms with van der Waals surface area (Å²) in [6.45, 7) is 0.956. The van der Waals surface area contributed by atoms with Gasteiger partial charge < -0.3 is 10.3 Å². The summed E-state index contributed by atoms with van der Waals surface area (Å²) in [4.78, 5) is 4.07. The minimum atomic E-state index is 0. The van der Waals surface area contributed by atoms with Crippen LogP contribution in [0.25, 0.3) is 5.32 Å². The van der Waals surface area contributed by atoms with Gasteiger partial charge in [-0.2, -0.15) is 0 Å². The minimum absolute atomic E-state index is 0. The van der Waals surface area contributed by atoms with Crippen molar-refractivity contribution in [2.75, 3.05) is 19.3 Å². The zero-order chi connectivity index (χ0) is 5.11. The maximum atomic E-state index is 4.07. The van der Waals surface area contributed by atoms with Crippen molar-refractivity contribution in [2.45, 2.75) is 0 Å². The fourth-order valence-electron chi connectivity index (χ4n) is 0.459. The minimum Gasteiger partial charge on any atom is -0.464 e. The fraction of sp³-hybridized carbons (Fsp3) is 0.750. The molecule has 1 rings (SSSR count). The van der Waals surface area contributed by atoms with Gasteiger partial charge in [0.1, 0.15) is 0 Å². The SMILES string of the molecule is C[N-]C1=NCCS1.[Y]. The monoisotopic (exact) mass is 204 g/mol. The van der Waals surface area contributed by atoms with Crippen molar-refractivity contribution >= 4 is 16.9 Å². The Hall–Kier alpha value is 0.924. The van der Waals surface area contributed by atoms with Crippen LogP contribution in [0.5, 0.6) is 0 Å². The summed E-state index contributed by atoms with van der Waals surface area (Å²) in [5, 5.41) is 4.86. The second-order valence-corrected chi connectivity index (χ2v) is 2.30. The second kappa shape index (κ2) is 4.77. The van der Waals surface area contributed by atoms with E-state index in [2.05, 4.69) is 10.3 Å². The molecule has 0 fully saturated rings. The third kappa shape index (κ3) is 2.47. The molecule has 2 nitrogen and oxygen atoms in total. The normalized spacial score (nSPS) is 16.9. The fourth-order valence-corrected chi connectivity index (χ4v) is 1.14. The maximum Gasteiger partial charge on any atom is 0 e. The van der Waals surface area contributed by atoms with Gasteiger partial charge in [-0.1, -0.05) is 7.05 Å². The number of nitrogens with zero attached hydrogens (tertiary/aromatic N) is 2. The van der Waals surface area contributed by atoms with Crippen LogP contribution in [-0.4, -0.2) is 24.5 Å². The molecule has 1 heterocycles. The Morgan fingerprint density at radius 2 is 2.50 bits per heavy atom. The summed E-state index contributed by atoms with van der Waals surface area (Å²) < 4.78 is 0. The molecule has 1 aliphatic rings. The molecule has 0 aromatic heterocycles. The Bertz CT molecular complexity index is 94.0. The van der Waals surface area contributed by atoms with Gasteiger partial charge in [-0.25, -0.2) is 0 Å². The number of thioether (sulfide) groups is 1. The molecular weight excluding hydrogens is 197 g/mol.